The second-order valence-corrected chi connectivity index (χ2v) is 8.03. The van der Waals surface area contributed by atoms with Crippen molar-refractivity contribution in [2.24, 2.45) is 0 Å². The number of anilines is 1. The van der Waals surface area contributed by atoms with Gasteiger partial charge >= 0.3 is 0 Å². The summed E-state index contributed by atoms with van der Waals surface area (Å²) in [5, 5.41) is 1.40. The molecule has 0 bridgehead atoms. The monoisotopic (exact) mass is 382 g/mol. The lowest BCUT2D eigenvalue weighted by Gasteiger charge is -2.33. The van der Waals surface area contributed by atoms with Crippen molar-refractivity contribution >= 4 is 16.6 Å². The molecule has 0 radical (unpaired) electrons. The molecule has 0 atom stereocenters. The Morgan fingerprint density at radius 2 is 1.38 bits per heavy atom. The first-order valence-corrected chi connectivity index (χ1v) is 10.6. The van der Waals surface area contributed by atoms with E-state index in [2.05, 4.69) is 101 Å². The topological polar surface area (TPSA) is 12.6 Å². The number of quaternary nitrogens is 1. The van der Waals surface area contributed by atoms with Crippen LogP contribution in [-0.4, -0.2) is 30.7 Å². The largest absolute Gasteiger partial charge is 0.360 e. The first kappa shape index (κ1) is 18.0. The van der Waals surface area contributed by atoms with Gasteiger partial charge in [-0.1, -0.05) is 66.7 Å². The molecule has 0 unspecified atom stereocenters. The normalized spacial score (nSPS) is 15.1. The maximum Gasteiger partial charge on any atom is 0.105 e. The van der Waals surface area contributed by atoms with E-state index in [1.807, 2.05) is 0 Å². The highest BCUT2D eigenvalue weighted by Gasteiger charge is 2.22. The van der Waals surface area contributed by atoms with E-state index in [0.717, 1.165) is 26.2 Å². The summed E-state index contributed by atoms with van der Waals surface area (Å²) in [7, 11) is 0. The predicted molar refractivity (Wildman–Crippen MR) is 121 cm³/mol. The first-order valence-electron chi connectivity index (χ1n) is 10.6. The van der Waals surface area contributed by atoms with Crippen molar-refractivity contribution in [1.29, 1.82) is 0 Å². The Bertz CT molecular complexity index is 1060. The van der Waals surface area contributed by atoms with Crippen molar-refractivity contribution in [3.8, 4) is 0 Å². The van der Waals surface area contributed by atoms with Gasteiger partial charge in [0.1, 0.15) is 6.54 Å². The Kier molecular flexibility index (Phi) is 5.06. The molecule has 0 amide bonds. The van der Waals surface area contributed by atoms with Crippen LogP contribution in [0.3, 0.4) is 0 Å². The van der Waals surface area contributed by atoms with E-state index in [9.17, 15) is 0 Å². The van der Waals surface area contributed by atoms with Gasteiger partial charge in [0.2, 0.25) is 0 Å². The second-order valence-electron chi connectivity index (χ2n) is 8.03. The fourth-order valence-corrected chi connectivity index (χ4v) is 4.54. The average molecular weight is 383 g/mol. The number of aromatic nitrogens is 1. The van der Waals surface area contributed by atoms with Crippen molar-refractivity contribution in [3.63, 3.8) is 0 Å². The summed E-state index contributed by atoms with van der Waals surface area (Å²) < 4.78 is 2.42. The maximum atomic E-state index is 2.52. The van der Waals surface area contributed by atoms with Crippen LogP contribution in [0.1, 0.15) is 11.1 Å². The maximum absolute atomic E-state index is 2.52. The summed E-state index contributed by atoms with van der Waals surface area (Å²) in [6.07, 6.45) is 2.38. The van der Waals surface area contributed by atoms with E-state index in [0.29, 0.717) is 0 Å². The number of para-hydroxylation sites is 2. The molecule has 29 heavy (non-hydrogen) atoms. The predicted octanol–water partition coefficient (Wildman–Crippen LogP) is 3.59. The van der Waals surface area contributed by atoms with E-state index in [1.54, 1.807) is 4.90 Å². The second kappa shape index (κ2) is 8.14. The van der Waals surface area contributed by atoms with Crippen LogP contribution in [-0.2, 0) is 13.1 Å². The summed E-state index contributed by atoms with van der Waals surface area (Å²) in [6, 6.07) is 30.4. The number of hydrogen-bond acceptors (Lipinski definition) is 1. The minimum atomic E-state index is 0.929. The van der Waals surface area contributed by atoms with Crippen molar-refractivity contribution in [3.05, 3.63) is 102 Å². The molecule has 1 aromatic heterocycles. The lowest BCUT2D eigenvalue weighted by molar-refractivity contribution is -0.914. The molecule has 3 heteroatoms. The van der Waals surface area contributed by atoms with Gasteiger partial charge in [-0.15, -0.1) is 0 Å². The van der Waals surface area contributed by atoms with Gasteiger partial charge in [-0.2, -0.15) is 0 Å². The minimum absolute atomic E-state index is 0.929. The van der Waals surface area contributed by atoms with E-state index in [-0.39, 0.29) is 0 Å². The summed E-state index contributed by atoms with van der Waals surface area (Å²) in [5.41, 5.74) is 5.52. The molecule has 1 aliphatic rings. The molecule has 4 aromatic rings. The van der Waals surface area contributed by atoms with Crippen LogP contribution >= 0.6 is 0 Å². The average Bonchev–Trinajstić information content (AvgIpc) is 3.13. The van der Waals surface area contributed by atoms with Crippen LogP contribution in [0.25, 0.3) is 10.9 Å². The standard InChI is InChI=1S/C26H27N3/c1-3-9-22(10-4-1)19-29-21-23(25-13-7-8-14-26(25)29)20-27-15-17-28(18-16-27)24-11-5-2-6-12-24/h1-14,21H,15-20H2/p+1. The lowest BCUT2D eigenvalue weighted by atomic mass is 10.1. The van der Waals surface area contributed by atoms with Gasteiger partial charge < -0.3 is 14.4 Å². The van der Waals surface area contributed by atoms with Gasteiger partial charge in [-0.05, 0) is 23.8 Å². The first-order chi connectivity index (χ1) is 14.4. The van der Waals surface area contributed by atoms with Gasteiger partial charge in [0, 0.05) is 34.9 Å². The minimum Gasteiger partial charge on any atom is -0.360 e. The number of fused-ring (bicyclic) bond motifs is 1. The SMILES string of the molecule is c1ccc(Cn2cc(C[NH+]3CCN(c4ccccc4)CC3)c3ccccc32)cc1. The molecule has 2 heterocycles. The highest BCUT2D eigenvalue weighted by molar-refractivity contribution is 5.83. The molecule has 1 saturated heterocycles. The number of hydrogen-bond donors (Lipinski definition) is 1. The Hall–Kier alpha value is -3.04. The van der Waals surface area contributed by atoms with Crippen molar-refractivity contribution < 1.29 is 4.90 Å². The molecule has 5 rings (SSSR count). The molecule has 3 nitrogen and oxygen atoms in total. The summed E-state index contributed by atoms with van der Waals surface area (Å²) in [5.74, 6) is 0. The molecule has 0 spiro atoms. The molecule has 0 aliphatic carbocycles. The van der Waals surface area contributed by atoms with E-state index >= 15 is 0 Å². The molecule has 1 aliphatic heterocycles. The summed E-state index contributed by atoms with van der Waals surface area (Å²) in [4.78, 5) is 4.20. The van der Waals surface area contributed by atoms with Gasteiger partial charge in [-0.25, -0.2) is 0 Å². The smallest absolute Gasteiger partial charge is 0.105 e. The number of nitrogens with one attached hydrogen (secondary N) is 1. The zero-order valence-electron chi connectivity index (χ0n) is 16.8. The molecular formula is C26H28N3+. The van der Waals surface area contributed by atoms with E-state index in [4.69, 9.17) is 0 Å². The molecule has 146 valence electrons. The summed E-state index contributed by atoms with van der Waals surface area (Å²) >= 11 is 0. The van der Waals surface area contributed by atoms with Gasteiger partial charge in [-0.3, -0.25) is 0 Å². The van der Waals surface area contributed by atoms with Crippen LogP contribution in [0.15, 0.2) is 91.1 Å². The Morgan fingerprint density at radius 3 is 2.14 bits per heavy atom. The Morgan fingerprint density at radius 1 is 0.724 bits per heavy atom. The number of rotatable bonds is 5. The lowest BCUT2D eigenvalue weighted by Crippen LogP contribution is -3.13. The van der Waals surface area contributed by atoms with Gasteiger partial charge in [0.25, 0.3) is 0 Å². The molecule has 0 saturated carbocycles. The number of piperazine rings is 1. The summed E-state index contributed by atoms with van der Waals surface area (Å²) in [6.45, 7) is 6.66. The molecule has 1 fully saturated rings. The zero-order chi connectivity index (χ0) is 19.5. The van der Waals surface area contributed by atoms with E-state index in [1.165, 1.54) is 40.8 Å². The van der Waals surface area contributed by atoms with Crippen LogP contribution in [0.2, 0.25) is 0 Å². The number of benzene rings is 3. The quantitative estimate of drug-likeness (QED) is 0.556. The van der Waals surface area contributed by atoms with E-state index < -0.39 is 0 Å². The highest BCUT2D eigenvalue weighted by atomic mass is 15.3. The molecular weight excluding hydrogens is 354 g/mol. The molecule has 1 N–H and O–H groups in total. The van der Waals surface area contributed by atoms with Crippen LogP contribution < -0.4 is 9.80 Å². The Balaban J connectivity index is 1.32. The highest BCUT2D eigenvalue weighted by Crippen LogP contribution is 2.22. The van der Waals surface area contributed by atoms with Crippen molar-refractivity contribution in [2.45, 2.75) is 13.1 Å². The van der Waals surface area contributed by atoms with Gasteiger partial charge in [0.15, 0.2) is 0 Å². The van der Waals surface area contributed by atoms with Crippen LogP contribution in [0.4, 0.5) is 5.69 Å². The number of nitrogens with zero attached hydrogens (tertiary/aromatic N) is 2. The molecule has 3 aromatic carbocycles. The Labute approximate surface area is 172 Å². The third kappa shape index (κ3) is 3.92. The van der Waals surface area contributed by atoms with Crippen molar-refractivity contribution in [1.82, 2.24) is 4.57 Å². The van der Waals surface area contributed by atoms with Crippen LogP contribution in [0, 0.1) is 0 Å². The fraction of sp³-hybridized carbons (Fsp3) is 0.231. The zero-order valence-corrected chi connectivity index (χ0v) is 16.8. The van der Waals surface area contributed by atoms with Crippen LogP contribution in [0.5, 0.6) is 0 Å². The fourth-order valence-electron chi connectivity index (χ4n) is 4.54. The third-order valence-corrected chi connectivity index (χ3v) is 6.10. The van der Waals surface area contributed by atoms with Crippen molar-refractivity contribution in [2.75, 3.05) is 31.1 Å². The van der Waals surface area contributed by atoms with Gasteiger partial charge in [0.05, 0.1) is 26.2 Å². The third-order valence-electron chi connectivity index (χ3n) is 6.10.